The van der Waals surface area contributed by atoms with Crippen LogP contribution in [0.3, 0.4) is 0 Å². The Hall–Kier alpha value is -0.930. The average molecular weight is 251 g/mol. The van der Waals surface area contributed by atoms with Gasteiger partial charge in [0, 0.05) is 12.6 Å². The molecule has 1 aromatic carbocycles. The third kappa shape index (κ3) is 3.79. The van der Waals surface area contributed by atoms with Gasteiger partial charge in [-0.25, -0.2) is 4.39 Å². The van der Waals surface area contributed by atoms with Crippen molar-refractivity contribution in [2.24, 2.45) is 5.92 Å². The SMILES string of the molecule is CC(Cc1ccc(F)cc1)NCC1CCCC1O. The molecule has 2 nitrogen and oxygen atoms in total. The van der Waals surface area contributed by atoms with Crippen LogP contribution in [0.25, 0.3) is 0 Å². The van der Waals surface area contributed by atoms with Crippen molar-refractivity contribution in [3.05, 3.63) is 35.6 Å². The second-order valence-corrected chi connectivity index (χ2v) is 5.40. The minimum Gasteiger partial charge on any atom is -0.393 e. The highest BCUT2D eigenvalue weighted by Crippen LogP contribution is 2.24. The lowest BCUT2D eigenvalue weighted by atomic mass is 10.0. The number of aliphatic hydroxyl groups is 1. The predicted molar refractivity (Wildman–Crippen MR) is 70.9 cm³/mol. The molecule has 3 unspecified atom stereocenters. The summed E-state index contributed by atoms with van der Waals surface area (Å²) in [5.74, 6) is 0.217. The molecule has 0 saturated heterocycles. The van der Waals surface area contributed by atoms with E-state index in [1.807, 2.05) is 12.1 Å². The molecule has 2 rings (SSSR count). The Bertz CT molecular complexity index is 365. The van der Waals surface area contributed by atoms with Gasteiger partial charge < -0.3 is 10.4 Å². The first-order valence-electron chi connectivity index (χ1n) is 6.81. The molecular formula is C15H22FNO. The standard InChI is InChI=1S/C15H22FNO/c1-11(9-12-5-7-14(16)8-6-12)17-10-13-3-2-4-15(13)18/h5-8,11,13,15,17-18H,2-4,9-10H2,1H3. The van der Waals surface area contributed by atoms with Gasteiger partial charge in [0.25, 0.3) is 0 Å². The maximum absolute atomic E-state index is 12.8. The van der Waals surface area contributed by atoms with Crippen molar-refractivity contribution in [1.29, 1.82) is 0 Å². The summed E-state index contributed by atoms with van der Waals surface area (Å²) < 4.78 is 12.8. The molecule has 0 amide bonds. The van der Waals surface area contributed by atoms with E-state index in [4.69, 9.17) is 0 Å². The van der Waals surface area contributed by atoms with Crippen molar-refractivity contribution in [3.63, 3.8) is 0 Å². The van der Waals surface area contributed by atoms with Gasteiger partial charge in [0.05, 0.1) is 6.10 Å². The Morgan fingerprint density at radius 1 is 1.33 bits per heavy atom. The average Bonchev–Trinajstić information content (AvgIpc) is 2.75. The summed E-state index contributed by atoms with van der Waals surface area (Å²) in [4.78, 5) is 0. The lowest BCUT2D eigenvalue weighted by molar-refractivity contribution is 0.130. The molecule has 3 heteroatoms. The van der Waals surface area contributed by atoms with Crippen LogP contribution >= 0.6 is 0 Å². The van der Waals surface area contributed by atoms with Gasteiger partial charge in [0.15, 0.2) is 0 Å². The zero-order valence-electron chi connectivity index (χ0n) is 10.9. The van der Waals surface area contributed by atoms with Crippen molar-refractivity contribution in [3.8, 4) is 0 Å². The van der Waals surface area contributed by atoms with Crippen LogP contribution in [0.4, 0.5) is 4.39 Å². The Labute approximate surface area is 108 Å². The minimum atomic E-state index is -0.187. The van der Waals surface area contributed by atoms with Gasteiger partial charge in [-0.05, 0) is 49.8 Å². The van der Waals surface area contributed by atoms with Gasteiger partial charge in [-0.15, -0.1) is 0 Å². The summed E-state index contributed by atoms with van der Waals surface area (Å²) in [6.45, 7) is 3.01. The Morgan fingerprint density at radius 2 is 2.06 bits per heavy atom. The number of halogens is 1. The fraction of sp³-hybridized carbons (Fsp3) is 0.600. The van der Waals surface area contributed by atoms with E-state index >= 15 is 0 Å². The highest BCUT2D eigenvalue weighted by atomic mass is 19.1. The fourth-order valence-corrected chi connectivity index (χ4v) is 2.65. The van der Waals surface area contributed by atoms with Crippen LogP contribution in [0.1, 0.15) is 31.7 Å². The maximum Gasteiger partial charge on any atom is 0.123 e. The highest BCUT2D eigenvalue weighted by Gasteiger charge is 2.24. The quantitative estimate of drug-likeness (QED) is 0.842. The third-order valence-corrected chi connectivity index (χ3v) is 3.80. The molecule has 0 spiro atoms. The van der Waals surface area contributed by atoms with Crippen molar-refractivity contribution in [1.82, 2.24) is 5.32 Å². The van der Waals surface area contributed by atoms with Crippen LogP contribution in [0.15, 0.2) is 24.3 Å². The molecule has 18 heavy (non-hydrogen) atoms. The lowest BCUT2D eigenvalue weighted by Crippen LogP contribution is -2.35. The second kappa shape index (κ2) is 6.30. The van der Waals surface area contributed by atoms with Crippen molar-refractivity contribution >= 4 is 0 Å². The van der Waals surface area contributed by atoms with Gasteiger partial charge in [-0.1, -0.05) is 18.6 Å². The first-order chi connectivity index (χ1) is 8.65. The number of benzene rings is 1. The zero-order valence-corrected chi connectivity index (χ0v) is 10.9. The Kier molecular flexibility index (Phi) is 4.72. The van der Waals surface area contributed by atoms with Crippen molar-refractivity contribution < 1.29 is 9.50 Å². The molecule has 0 aromatic heterocycles. The minimum absolute atomic E-state index is 0.129. The number of hydrogen-bond donors (Lipinski definition) is 2. The van der Waals surface area contributed by atoms with Crippen LogP contribution < -0.4 is 5.32 Å². The van der Waals surface area contributed by atoms with Crippen LogP contribution in [0.2, 0.25) is 0 Å². The summed E-state index contributed by atoms with van der Waals surface area (Å²) in [5.41, 5.74) is 1.14. The van der Waals surface area contributed by atoms with Gasteiger partial charge in [0.2, 0.25) is 0 Å². The molecule has 1 aromatic rings. The second-order valence-electron chi connectivity index (χ2n) is 5.40. The monoisotopic (exact) mass is 251 g/mol. The van der Waals surface area contributed by atoms with Crippen LogP contribution in [-0.2, 0) is 6.42 Å². The van der Waals surface area contributed by atoms with Gasteiger partial charge in [-0.3, -0.25) is 0 Å². The molecular weight excluding hydrogens is 229 g/mol. The largest absolute Gasteiger partial charge is 0.393 e. The molecule has 2 N–H and O–H groups in total. The van der Waals surface area contributed by atoms with E-state index in [9.17, 15) is 9.50 Å². The first-order valence-corrected chi connectivity index (χ1v) is 6.81. The van der Waals surface area contributed by atoms with Gasteiger partial charge >= 0.3 is 0 Å². The third-order valence-electron chi connectivity index (χ3n) is 3.80. The molecule has 0 heterocycles. The molecule has 1 aliphatic rings. The topological polar surface area (TPSA) is 32.3 Å². The Morgan fingerprint density at radius 3 is 2.67 bits per heavy atom. The summed E-state index contributed by atoms with van der Waals surface area (Å²) in [5, 5.41) is 13.2. The van der Waals surface area contributed by atoms with Crippen LogP contribution in [-0.4, -0.2) is 23.8 Å². The number of aliphatic hydroxyl groups excluding tert-OH is 1. The number of rotatable bonds is 5. The molecule has 1 saturated carbocycles. The molecule has 1 aliphatic carbocycles. The Balaban J connectivity index is 1.74. The molecule has 1 fully saturated rings. The summed E-state index contributed by atoms with van der Waals surface area (Å²) in [6.07, 6.45) is 3.97. The van der Waals surface area contributed by atoms with E-state index in [0.717, 1.165) is 37.8 Å². The van der Waals surface area contributed by atoms with Crippen LogP contribution in [0.5, 0.6) is 0 Å². The summed E-state index contributed by atoms with van der Waals surface area (Å²) in [7, 11) is 0. The van der Waals surface area contributed by atoms with E-state index < -0.39 is 0 Å². The molecule has 3 atom stereocenters. The molecule has 100 valence electrons. The van der Waals surface area contributed by atoms with Crippen molar-refractivity contribution in [2.45, 2.75) is 44.8 Å². The predicted octanol–water partition coefficient (Wildman–Crippen LogP) is 2.51. The van der Waals surface area contributed by atoms with Crippen molar-refractivity contribution in [2.75, 3.05) is 6.54 Å². The van der Waals surface area contributed by atoms with Gasteiger partial charge in [-0.2, -0.15) is 0 Å². The van der Waals surface area contributed by atoms with Crippen LogP contribution in [0, 0.1) is 11.7 Å². The lowest BCUT2D eigenvalue weighted by Gasteiger charge is -2.19. The molecule has 0 aliphatic heterocycles. The maximum atomic E-state index is 12.8. The molecule has 0 radical (unpaired) electrons. The molecule has 0 bridgehead atoms. The zero-order chi connectivity index (χ0) is 13.0. The first kappa shape index (κ1) is 13.5. The smallest absolute Gasteiger partial charge is 0.123 e. The van der Waals surface area contributed by atoms with Gasteiger partial charge in [0.1, 0.15) is 5.82 Å². The summed E-state index contributed by atoms with van der Waals surface area (Å²) >= 11 is 0. The van der Waals surface area contributed by atoms with E-state index in [1.165, 1.54) is 12.1 Å². The summed E-state index contributed by atoms with van der Waals surface area (Å²) in [6, 6.07) is 7.02. The normalized spacial score (nSPS) is 25.3. The van der Waals surface area contributed by atoms with E-state index in [0.29, 0.717) is 12.0 Å². The van der Waals surface area contributed by atoms with E-state index in [-0.39, 0.29) is 11.9 Å². The van der Waals surface area contributed by atoms with E-state index in [1.54, 1.807) is 0 Å². The highest BCUT2D eigenvalue weighted by molar-refractivity contribution is 5.16. The van der Waals surface area contributed by atoms with E-state index in [2.05, 4.69) is 12.2 Å². The number of hydrogen-bond acceptors (Lipinski definition) is 2. The fourth-order valence-electron chi connectivity index (χ4n) is 2.65. The number of nitrogens with one attached hydrogen (secondary N) is 1.